The van der Waals surface area contributed by atoms with E-state index in [0.29, 0.717) is 17.4 Å². The van der Waals surface area contributed by atoms with E-state index in [4.69, 9.17) is 9.52 Å². The average molecular weight is 214 g/mol. The summed E-state index contributed by atoms with van der Waals surface area (Å²) in [5.41, 5.74) is 1.14. The molecule has 0 spiro atoms. The fourth-order valence-corrected chi connectivity index (χ4v) is 1.33. The molecule has 4 heteroatoms. The highest BCUT2D eigenvalue weighted by atomic mass is 16.4. The molecule has 0 bridgehead atoms. The third kappa shape index (κ3) is 1.93. The number of carbonyl (C=O) groups excluding carboxylic acids is 1. The average Bonchev–Trinajstić information content (AvgIpc) is 2.68. The van der Waals surface area contributed by atoms with E-state index in [1.165, 1.54) is 0 Å². The van der Waals surface area contributed by atoms with Gasteiger partial charge in [-0.1, -0.05) is 5.92 Å². The first-order valence-corrected chi connectivity index (χ1v) is 4.43. The summed E-state index contributed by atoms with van der Waals surface area (Å²) in [6.07, 6.45) is 0.614. The van der Waals surface area contributed by atoms with Crippen molar-refractivity contribution in [2.24, 2.45) is 0 Å². The van der Waals surface area contributed by atoms with Crippen LogP contribution in [0.5, 0.6) is 0 Å². The lowest BCUT2D eigenvalue weighted by molar-refractivity contribution is -0.130. The molecule has 0 saturated heterocycles. The normalized spacial score (nSPS) is 9.50. The summed E-state index contributed by atoms with van der Waals surface area (Å²) in [5, 5.41) is 9.11. The molecule has 0 atom stereocenters. The highest BCUT2D eigenvalue weighted by Crippen LogP contribution is 2.19. The van der Waals surface area contributed by atoms with Crippen molar-refractivity contribution in [2.75, 3.05) is 0 Å². The minimum atomic E-state index is -1.18. The van der Waals surface area contributed by atoms with Crippen molar-refractivity contribution in [3.63, 3.8) is 0 Å². The van der Waals surface area contributed by atoms with E-state index in [1.54, 1.807) is 24.3 Å². The van der Waals surface area contributed by atoms with Gasteiger partial charge in [-0.05, 0) is 24.3 Å². The third-order valence-electron chi connectivity index (χ3n) is 1.97. The van der Waals surface area contributed by atoms with E-state index in [1.807, 2.05) is 5.92 Å². The van der Waals surface area contributed by atoms with Crippen molar-refractivity contribution in [3.05, 3.63) is 35.6 Å². The SMILES string of the molecule is O=Cc1cc2cc(C#CC(=O)O)ccc2o1. The first-order valence-electron chi connectivity index (χ1n) is 4.43. The van der Waals surface area contributed by atoms with Gasteiger partial charge in [0.25, 0.3) is 0 Å². The number of carbonyl (C=O) groups is 2. The maximum absolute atomic E-state index is 10.5. The molecule has 1 aromatic carbocycles. The summed E-state index contributed by atoms with van der Waals surface area (Å²) in [7, 11) is 0. The molecule has 78 valence electrons. The fraction of sp³-hybridized carbons (Fsp3) is 0. The van der Waals surface area contributed by atoms with Crippen LogP contribution in [0.1, 0.15) is 16.1 Å². The molecule has 4 nitrogen and oxygen atoms in total. The van der Waals surface area contributed by atoms with Crippen LogP contribution < -0.4 is 0 Å². The van der Waals surface area contributed by atoms with Gasteiger partial charge in [0, 0.05) is 16.9 Å². The number of carboxylic acids is 1. The maximum Gasteiger partial charge on any atom is 0.382 e. The summed E-state index contributed by atoms with van der Waals surface area (Å²) < 4.78 is 5.17. The highest BCUT2D eigenvalue weighted by molar-refractivity contribution is 5.89. The number of benzene rings is 1. The number of aldehydes is 1. The summed E-state index contributed by atoms with van der Waals surface area (Å²) >= 11 is 0. The monoisotopic (exact) mass is 214 g/mol. The van der Waals surface area contributed by atoms with Crippen molar-refractivity contribution < 1.29 is 19.1 Å². The van der Waals surface area contributed by atoms with Gasteiger partial charge in [-0.15, -0.1) is 0 Å². The topological polar surface area (TPSA) is 67.5 Å². The second kappa shape index (κ2) is 3.91. The van der Waals surface area contributed by atoms with Crippen LogP contribution in [0.4, 0.5) is 0 Å². The minimum absolute atomic E-state index is 0.235. The molecule has 1 N–H and O–H groups in total. The molecule has 0 aliphatic heterocycles. The number of hydrogen-bond donors (Lipinski definition) is 1. The van der Waals surface area contributed by atoms with Crippen LogP contribution in [-0.4, -0.2) is 17.4 Å². The zero-order chi connectivity index (χ0) is 11.5. The third-order valence-corrected chi connectivity index (χ3v) is 1.97. The Balaban J connectivity index is 2.48. The van der Waals surface area contributed by atoms with Gasteiger partial charge in [0.05, 0.1) is 0 Å². The summed E-state index contributed by atoms with van der Waals surface area (Å²) in [6, 6.07) is 6.53. The molecule has 0 aliphatic carbocycles. The number of carboxylic acid groups (broad SMARTS) is 1. The lowest BCUT2D eigenvalue weighted by atomic mass is 10.1. The molecule has 0 saturated carbocycles. The Morgan fingerprint density at radius 2 is 2.19 bits per heavy atom. The molecule has 1 aromatic heterocycles. The lowest BCUT2D eigenvalue weighted by Crippen LogP contribution is -1.86. The van der Waals surface area contributed by atoms with Crippen LogP contribution in [0.3, 0.4) is 0 Å². The molecular formula is C12H6O4. The Bertz CT molecular complexity index is 625. The molecule has 0 aliphatic rings. The molecular weight excluding hydrogens is 208 g/mol. The van der Waals surface area contributed by atoms with E-state index < -0.39 is 5.97 Å². The largest absolute Gasteiger partial charge is 0.472 e. The Labute approximate surface area is 90.5 Å². The van der Waals surface area contributed by atoms with Crippen LogP contribution in [-0.2, 0) is 4.79 Å². The molecule has 2 aromatic rings. The van der Waals surface area contributed by atoms with Crippen LogP contribution in [0, 0.1) is 11.8 Å². The molecule has 16 heavy (non-hydrogen) atoms. The number of fused-ring (bicyclic) bond motifs is 1. The van der Waals surface area contributed by atoms with Gasteiger partial charge in [0.1, 0.15) is 5.58 Å². The Morgan fingerprint density at radius 1 is 1.38 bits per heavy atom. The van der Waals surface area contributed by atoms with Crippen molar-refractivity contribution in [2.45, 2.75) is 0 Å². The van der Waals surface area contributed by atoms with Crippen molar-refractivity contribution in [3.8, 4) is 11.8 Å². The second-order valence-electron chi connectivity index (χ2n) is 3.07. The Kier molecular flexibility index (Phi) is 2.44. The van der Waals surface area contributed by atoms with Crippen LogP contribution in [0.15, 0.2) is 28.7 Å². The van der Waals surface area contributed by atoms with Gasteiger partial charge < -0.3 is 9.52 Å². The number of furan rings is 1. The molecule has 2 rings (SSSR count). The van der Waals surface area contributed by atoms with E-state index >= 15 is 0 Å². The summed E-state index contributed by atoms with van der Waals surface area (Å²) in [4.78, 5) is 20.7. The second-order valence-corrected chi connectivity index (χ2v) is 3.07. The number of rotatable bonds is 1. The van der Waals surface area contributed by atoms with Crippen molar-refractivity contribution in [1.82, 2.24) is 0 Å². The fourth-order valence-electron chi connectivity index (χ4n) is 1.33. The minimum Gasteiger partial charge on any atom is -0.472 e. The zero-order valence-corrected chi connectivity index (χ0v) is 8.06. The summed E-state index contributed by atoms with van der Waals surface area (Å²) in [6.45, 7) is 0. The zero-order valence-electron chi connectivity index (χ0n) is 8.06. The first kappa shape index (κ1) is 9.99. The van der Waals surface area contributed by atoms with Crippen molar-refractivity contribution in [1.29, 1.82) is 0 Å². The van der Waals surface area contributed by atoms with Gasteiger partial charge in [-0.25, -0.2) is 4.79 Å². The highest BCUT2D eigenvalue weighted by Gasteiger charge is 2.02. The molecule has 0 unspecified atom stereocenters. The van der Waals surface area contributed by atoms with Crippen LogP contribution >= 0.6 is 0 Å². The smallest absolute Gasteiger partial charge is 0.382 e. The van der Waals surface area contributed by atoms with Crippen LogP contribution in [0.2, 0.25) is 0 Å². The van der Waals surface area contributed by atoms with Crippen LogP contribution in [0.25, 0.3) is 11.0 Å². The number of hydrogen-bond acceptors (Lipinski definition) is 3. The van der Waals surface area contributed by atoms with Gasteiger partial charge in [0.2, 0.25) is 0 Å². The summed E-state index contributed by atoms with van der Waals surface area (Å²) in [5.74, 6) is 3.55. The van der Waals surface area contributed by atoms with Crippen molar-refractivity contribution >= 4 is 23.2 Å². The van der Waals surface area contributed by atoms with E-state index in [9.17, 15) is 9.59 Å². The van der Waals surface area contributed by atoms with E-state index in [2.05, 4.69) is 5.92 Å². The first-order chi connectivity index (χ1) is 7.69. The van der Waals surface area contributed by atoms with Gasteiger partial charge in [-0.3, -0.25) is 4.79 Å². The van der Waals surface area contributed by atoms with Gasteiger partial charge in [0.15, 0.2) is 12.0 Å². The van der Waals surface area contributed by atoms with Gasteiger partial charge >= 0.3 is 5.97 Å². The molecule has 0 fully saturated rings. The lowest BCUT2D eigenvalue weighted by Gasteiger charge is -1.89. The van der Waals surface area contributed by atoms with Gasteiger partial charge in [-0.2, -0.15) is 0 Å². The van der Waals surface area contributed by atoms with E-state index in [-0.39, 0.29) is 5.76 Å². The molecule has 1 heterocycles. The predicted octanol–water partition coefficient (Wildman–Crippen LogP) is 1.68. The maximum atomic E-state index is 10.5. The van der Waals surface area contributed by atoms with E-state index in [0.717, 1.165) is 5.39 Å². The Morgan fingerprint density at radius 3 is 2.88 bits per heavy atom. The number of aliphatic carboxylic acids is 1. The molecule has 0 amide bonds. The Hall–Kier alpha value is -2.54. The standard InChI is InChI=1S/C12H6O4/c13-7-10-6-9-5-8(2-4-12(14)15)1-3-11(9)16-10/h1,3,5-7H,(H,14,15). The quantitative estimate of drug-likeness (QED) is 0.579. The molecule has 0 radical (unpaired) electrons. The predicted molar refractivity (Wildman–Crippen MR) is 56.1 cm³/mol.